The maximum absolute atomic E-state index is 3.77. The van der Waals surface area contributed by atoms with Gasteiger partial charge in [0.2, 0.25) is 0 Å². The molecule has 1 N–H and O–H groups in total. The van der Waals surface area contributed by atoms with Gasteiger partial charge in [-0.2, -0.15) is 0 Å². The predicted molar refractivity (Wildman–Crippen MR) is 95.0 cm³/mol. The molecule has 2 unspecified atom stereocenters. The maximum atomic E-state index is 3.77. The average molecular weight is 297 g/mol. The molecule has 0 aliphatic carbocycles. The minimum Gasteiger partial charge on any atom is -0.311 e. The Bertz CT molecular complexity index is 230. The van der Waals surface area contributed by atoms with E-state index in [4.69, 9.17) is 0 Å². The Kier molecular flexibility index (Phi) is 11.3. The third-order valence-electron chi connectivity index (χ3n) is 4.92. The van der Waals surface area contributed by atoms with Crippen LogP contribution in [-0.2, 0) is 0 Å². The predicted octanol–water partition coefficient (Wildman–Crippen LogP) is 4.98. The minimum absolute atomic E-state index is 0.743. The van der Waals surface area contributed by atoms with Crippen molar-refractivity contribution in [2.45, 2.75) is 103 Å². The SMILES string of the molecule is CCCCCCCCCN1CC(CCC)NCC1CCC. The van der Waals surface area contributed by atoms with Crippen LogP contribution in [0, 0.1) is 0 Å². The third-order valence-corrected chi connectivity index (χ3v) is 4.92. The van der Waals surface area contributed by atoms with Crippen LogP contribution in [0.25, 0.3) is 0 Å². The summed E-state index contributed by atoms with van der Waals surface area (Å²) in [5.41, 5.74) is 0. The summed E-state index contributed by atoms with van der Waals surface area (Å²) >= 11 is 0. The first kappa shape index (κ1) is 19.0. The molecule has 0 amide bonds. The molecule has 0 aromatic carbocycles. The van der Waals surface area contributed by atoms with E-state index in [1.165, 1.54) is 90.3 Å². The zero-order valence-electron chi connectivity index (χ0n) is 15.0. The van der Waals surface area contributed by atoms with Gasteiger partial charge < -0.3 is 5.32 Å². The largest absolute Gasteiger partial charge is 0.311 e. The van der Waals surface area contributed by atoms with Crippen molar-refractivity contribution in [3.05, 3.63) is 0 Å². The highest BCUT2D eigenvalue weighted by molar-refractivity contribution is 4.85. The Morgan fingerprint density at radius 2 is 1.48 bits per heavy atom. The molecule has 1 aliphatic rings. The first-order valence-electron chi connectivity index (χ1n) is 9.79. The first-order chi connectivity index (χ1) is 10.3. The van der Waals surface area contributed by atoms with E-state index in [0.29, 0.717) is 0 Å². The quantitative estimate of drug-likeness (QED) is 0.511. The van der Waals surface area contributed by atoms with Crippen LogP contribution in [0.1, 0.15) is 91.4 Å². The van der Waals surface area contributed by atoms with Crippen LogP contribution in [0.3, 0.4) is 0 Å². The number of piperazine rings is 1. The van der Waals surface area contributed by atoms with Gasteiger partial charge in [0.15, 0.2) is 0 Å². The molecule has 2 heteroatoms. The van der Waals surface area contributed by atoms with Crippen molar-refractivity contribution in [2.75, 3.05) is 19.6 Å². The number of rotatable bonds is 12. The van der Waals surface area contributed by atoms with E-state index >= 15 is 0 Å². The molecule has 0 saturated carbocycles. The molecule has 1 saturated heterocycles. The van der Waals surface area contributed by atoms with Crippen molar-refractivity contribution in [1.82, 2.24) is 10.2 Å². The summed E-state index contributed by atoms with van der Waals surface area (Å²) in [7, 11) is 0. The van der Waals surface area contributed by atoms with Crippen molar-refractivity contribution in [1.29, 1.82) is 0 Å². The van der Waals surface area contributed by atoms with E-state index in [1.807, 2.05) is 0 Å². The lowest BCUT2D eigenvalue weighted by atomic mass is 10.0. The summed E-state index contributed by atoms with van der Waals surface area (Å²) in [4.78, 5) is 2.80. The molecule has 1 heterocycles. The monoisotopic (exact) mass is 296 g/mol. The summed E-state index contributed by atoms with van der Waals surface area (Å²) in [6, 6.07) is 1.54. The molecule has 0 bridgehead atoms. The Morgan fingerprint density at radius 1 is 0.810 bits per heavy atom. The lowest BCUT2D eigenvalue weighted by Crippen LogP contribution is -2.56. The smallest absolute Gasteiger partial charge is 0.0221 e. The lowest BCUT2D eigenvalue weighted by molar-refractivity contribution is 0.117. The average Bonchev–Trinajstić information content (AvgIpc) is 2.49. The van der Waals surface area contributed by atoms with Gasteiger partial charge in [-0.05, 0) is 25.8 Å². The molecule has 126 valence electrons. The van der Waals surface area contributed by atoms with Crippen LogP contribution in [-0.4, -0.2) is 36.6 Å². The van der Waals surface area contributed by atoms with Crippen LogP contribution in [0.4, 0.5) is 0 Å². The Labute approximate surface area is 134 Å². The molecule has 1 rings (SSSR count). The number of nitrogens with one attached hydrogen (secondary N) is 1. The normalized spacial score (nSPS) is 23.6. The van der Waals surface area contributed by atoms with Crippen LogP contribution in [0.5, 0.6) is 0 Å². The van der Waals surface area contributed by atoms with Gasteiger partial charge in [0, 0.05) is 25.2 Å². The molecular formula is C19H40N2. The van der Waals surface area contributed by atoms with Gasteiger partial charge in [0.1, 0.15) is 0 Å². The molecule has 21 heavy (non-hydrogen) atoms. The second-order valence-corrected chi connectivity index (χ2v) is 6.95. The summed E-state index contributed by atoms with van der Waals surface area (Å²) in [5.74, 6) is 0. The Morgan fingerprint density at radius 3 is 2.14 bits per heavy atom. The van der Waals surface area contributed by atoms with Gasteiger partial charge in [0.25, 0.3) is 0 Å². The molecular weight excluding hydrogens is 256 g/mol. The fourth-order valence-electron chi connectivity index (χ4n) is 3.63. The molecule has 2 atom stereocenters. The van der Waals surface area contributed by atoms with Gasteiger partial charge in [-0.15, -0.1) is 0 Å². The van der Waals surface area contributed by atoms with Crippen molar-refractivity contribution in [3.8, 4) is 0 Å². The maximum Gasteiger partial charge on any atom is 0.0221 e. The lowest BCUT2D eigenvalue weighted by Gasteiger charge is -2.40. The summed E-state index contributed by atoms with van der Waals surface area (Å²) in [6.07, 6.45) is 15.3. The molecule has 2 nitrogen and oxygen atoms in total. The van der Waals surface area contributed by atoms with Crippen molar-refractivity contribution in [2.24, 2.45) is 0 Å². The molecule has 1 fully saturated rings. The zero-order chi connectivity index (χ0) is 15.3. The summed E-state index contributed by atoms with van der Waals surface area (Å²) in [6.45, 7) is 10.8. The van der Waals surface area contributed by atoms with Crippen molar-refractivity contribution < 1.29 is 0 Å². The van der Waals surface area contributed by atoms with E-state index in [1.54, 1.807) is 0 Å². The van der Waals surface area contributed by atoms with Gasteiger partial charge in [-0.1, -0.05) is 72.1 Å². The zero-order valence-corrected chi connectivity index (χ0v) is 15.0. The second-order valence-electron chi connectivity index (χ2n) is 6.95. The van der Waals surface area contributed by atoms with Crippen LogP contribution in [0.15, 0.2) is 0 Å². The molecule has 0 aromatic rings. The van der Waals surface area contributed by atoms with E-state index < -0.39 is 0 Å². The standard InChI is InChI=1S/C19H40N2/c1-4-7-8-9-10-11-12-15-21-17-18(13-5-2)20-16-19(21)14-6-3/h18-20H,4-17H2,1-3H3. The van der Waals surface area contributed by atoms with Crippen molar-refractivity contribution in [3.63, 3.8) is 0 Å². The first-order valence-corrected chi connectivity index (χ1v) is 9.79. The Hall–Kier alpha value is -0.0800. The summed E-state index contributed by atoms with van der Waals surface area (Å²) in [5, 5.41) is 3.77. The van der Waals surface area contributed by atoms with E-state index in [0.717, 1.165) is 12.1 Å². The minimum atomic E-state index is 0.743. The second kappa shape index (κ2) is 12.5. The van der Waals surface area contributed by atoms with E-state index in [9.17, 15) is 0 Å². The fourth-order valence-corrected chi connectivity index (χ4v) is 3.63. The number of nitrogens with zero attached hydrogens (tertiary/aromatic N) is 1. The van der Waals surface area contributed by atoms with Crippen LogP contribution < -0.4 is 5.32 Å². The Balaban J connectivity index is 2.20. The molecule has 0 spiro atoms. The third kappa shape index (κ3) is 8.21. The van der Waals surface area contributed by atoms with Crippen LogP contribution >= 0.6 is 0 Å². The van der Waals surface area contributed by atoms with Gasteiger partial charge >= 0.3 is 0 Å². The topological polar surface area (TPSA) is 15.3 Å². The van der Waals surface area contributed by atoms with Crippen molar-refractivity contribution >= 4 is 0 Å². The van der Waals surface area contributed by atoms with E-state index in [2.05, 4.69) is 31.0 Å². The summed E-state index contributed by atoms with van der Waals surface area (Å²) < 4.78 is 0. The number of hydrogen-bond donors (Lipinski definition) is 1. The van der Waals surface area contributed by atoms with Gasteiger partial charge in [-0.25, -0.2) is 0 Å². The number of unbranched alkanes of at least 4 members (excludes halogenated alkanes) is 6. The highest BCUT2D eigenvalue weighted by atomic mass is 15.2. The highest BCUT2D eigenvalue weighted by Gasteiger charge is 2.26. The molecule has 0 radical (unpaired) electrons. The fraction of sp³-hybridized carbons (Fsp3) is 1.00. The molecule has 0 aromatic heterocycles. The molecule has 1 aliphatic heterocycles. The van der Waals surface area contributed by atoms with Gasteiger partial charge in [0.05, 0.1) is 0 Å². The number of hydrogen-bond acceptors (Lipinski definition) is 2. The van der Waals surface area contributed by atoms with Gasteiger partial charge in [-0.3, -0.25) is 4.90 Å². The van der Waals surface area contributed by atoms with E-state index in [-0.39, 0.29) is 0 Å². The highest BCUT2D eigenvalue weighted by Crippen LogP contribution is 2.16. The van der Waals surface area contributed by atoms with Crippen LogP contribution in [0.2, 0.25) is 0 Å².